The van der Waals surface area contributed by atoms with E-state index in [0.717, 1.165) is 33.3 Å². The van der Waals surface area contributed by atoms with Crippen LogP contribution in [-0.2, 0) is 0 Å². The Hall–Kier alpha value is -3.95. The van der Waals surface area contributed by atoms with E-state index in [-0.39, 0.29) is 5.91 Å². The molecule has 0 spiro atoms. The molecule has 3 heterocycles. The smallest absolute Gasteiger partial charge is 0.316 e. The molecular weight excluding hydrogens is 456 g/mol. The van der Waals surface area contributed by atoms with Gasteiger partial charge in [-0.3, -0.25) is 9.69 Å². The van der Waals surface area contributed by atoms with Crippen LogP contribution < -0.4 is 4.74 Å². The van der Waals surface area contributed by atoms with Gasteiger partial charge in [-0.2, -0.15) is 0 Å². The SMILES string of the molecule is CCOc1ncc(-c2ccc3ncnc(-c4cccc(C(=O)N5CCN(C(C)O)CC5)c4)c3c2)cn1. The maximum absolute atomic E-state index is 13.2. The second-order valence-corrected chi connectivity index (χ2v) is 8.68. The number of ether oxygens (including phenoxy) is 1. The highest BCUT2D eigenvalue weighted by Gasteiger charge is 2.24. The van der Waals surface area contributed by atoms with E-state index in [4.69, 9.17) is 4.74 Å². The Morgan fingerprint density at radius 3 is 2.47 bits per heavy atom. The van der Waals surface area contributed by atoms with Crippen molar-refractivity contribution in [3.8, 4) is 28.4 Å². The normalized spacial score (nSPS) is 15.1. The van der Waals surface area contributed by atoms with Gasteiger partial charge in [0.15, 0.2) is 0 Å². The number of aromatic nitrogens is 4. The summed E-state index contributed by atoms with van der Waals surface area (Å²) in [5.74, 6) is -0.0207. The van der Waals surface area contributed by atoms with Crippen LogP contribution in [0.2, 0.25) is 0 Å². The number of carbonyl (C=O) groups is 1. The highest BCUT2D eigenvalue weighted by Crippen LogP contribution is 2.30. The monoisotopic (exact) mass is 484 g/mol. The lowest BCUT2D eigenvalue weighted by atomic mass is 10.0. The number of piperazine rings is 1. The molecule has 0 bridgehead atoms. The van der Waals surface area contributed by atoms with Gasteiger partial charge < -0.3 is 14.7 Å². The lowest BCUT2D eigenvalue weighted by Crippen LogP contribution is -2.51. The molecule has 0 saturated carbocycles. The second-order valence-electron chi connectivity index (χ2n) is 8.68. The minimum atomic E-state index is -0.504. The number of aliphatic hydroxyl groups is 1. The summed E-state index contributed by atoms with van der Waals surface area (Å²) >= 11 is 0. The van der Waals surface area contributed by atoms with Gasteiger partial charge in [0, 0.05) is 60.6 Å². The minimum Gasteiger partial charge on any atom is -0.464 e. The second kappa shape index (κ2) is 10.3. The first-order valence-electron chi connectivity index (χ1n) is 12.1. The maximum Gasteiger partial charge on any atom is 0.316 e. The summed E-state index contributed by atoms with van der Waals surface area (Å²) in [5.41, 5.74) is 4.81. The molecule has 2 aromatic carbocycles. The van der Waals surface area contributed by atoms with Crippen LogP contribution in [0, 0.1) is 0 Å². The summed E-state index contributed by atoms with van der Waals surface area (Å²) in [6, 6.07) is 13.8. The molecule has 1 amide bonds. The van der Waals surface area contributed by atoms with Crippen molar-refractivity contribution in [3.63, 3.8) is 0 Å². The van der Waals surface area contributed by atoms with Crippen molar-refractivity contribution in [2.75, 3.05) is 32.8 Å². The molecule has 4 aromatic rings. The molecular formula is C27H28N6O3. The van der Waals surface area contributed by atoms with E-state index >= 15 is 0 Å². The van der Waals surface area contributed by atoms with Gasteiger partial charge in [0.25, 0.3) is 5.91 Å². The lowest BCUT2D eigenvalue weighted by molar-refractivity contribution is -0.0102. The predicted molar refractivity (Wildman–Crippen MR) is 136 cm³/mol. The minimum absolute atomic E-state index is 0.0207. The Morgan fingerprint density at radius 1 is 0.972 bits per heavy atom. The van der Waals surface area contributed by atoms with E-state index in [9.17, 15) is 9.90 Å². The van der Waals surface area contributed by atoms with Crippen molar-refractivity contribution in [1.29, 1.82) is 0 Å². The number of hydrogen-bond acceptors (Lipinski definition) is 8. The van der Waals surface area contributed by atoms with E-state index in [1.165, 1.54) is 0 Å². The Bertz CT molecular complexity index is 1370. The van der Waals surface area contributed by atoms with Gasteiger partial charge in [-0.15, -0.1) is 0 Å². The Balaban J connectivity index is 1.45. The fourth-order valence-electron chi connectivity index (χ4n) is 4.42. The maximum atomic E-state index is 13.2. The third-order valence-electron chi connectivity index (χ3n) is 6.38. The first kappa shape index (κ1) is 23.8. The number of benzene rings is 2. The average Bonchev–Trinajstić information content (AvgIpc) is 2.93. The lowest BCUT2D eigenvalue weighted by Gasteiger charge is -2.36. The topological polar surface area (TPSA) is 105 Å². The zero-order chi connectivity index (χ0) is 25.1. The van der Waals surface area contributed by atoms with Crippen molar-refractivity contribution in [1.82, 2.24) is 29.7 Å². The van der Waals surface area contributed by atoms with Crippen LogP contribution >= 0.6 is 0 Å². The summed E-state index contributed by atoms with van der Waals surface area (Å²) in [5, 5.41) is 10.7. The fourth-order valence-corrected chi connectivity index (χ4v) is 4.42. The van der Waals surface area contributed by atoms with Gasteiger partial charge in [-0.05, 0) is 43.7 Å². The average molecular weight is 485 g/mol. The van der Waals surface area contributed by atoms with Crippen molar-refractivity contribution in [2.24, 2.45) is 0 Å². The molecule has 1 atom stereocenters. The first-order valence-corrected chi connectivity index (χ1v) is 12.1. The zero-order valence-corrected chi connectivity index (χ0v) is 20.3. The molecule has 1 fully saturated rings. The number of aliphatic hydroxyl groups excluding tert-OH is 1. The molecule has 5 rings (SSSR count). The highest BCUT2D eigenvalue weighted by atomic mass is 16.5. The van der Waals surface area contributed by atoms with E-state index in [0.29, 0.717) is 44.4 Å². The Morgan fingerprint density at radius 2 is 1.75 bits per heavy atom. The summed E-state index contributed by atoms with van der Waals surface area (Å²) < 4.78 is 5.35. The summed E-state index contributed by atoms with van der Waals surface area (Å²) in [4.78, 5) is 34.6. The number of rotatable bonds is 6. The first-order chi connectivity index (χ1) is 17.5. The van der Waals surface area contributed by atoms with Crippen LogP contribution in [0.5, 0.6) is 6.01 Å². The number of fused-ring (bicyclic) bond motifs is 1. The molecule has 1 N–H and O–H groups in total. The van der Waals surface area contributed by atoms with E-state index in [1.807, 2.05) is 59.2 Å². The van der Waals surface area contributed by atoms with E-state index < -0.39 is 6.23 Å². The van der Waals surface area contributed by atoms with Crippen LogP contribution in [0.15, 0.2) is 61.2 Å². The fraction of sp³-hybridized carbons (Fsp3) is 0.296. The van der Waals surface area contributed by atoms with Gasteiger partial charge in [-0.1, -0.05) is 18.2 Å². The molecule has 0 aliphatic carbocycles. The number of hydrogen-bond donors (Lipinski definition) is 1. The van der Waals surface area contributed by atoms with E-state index in [1.54, 1.807) is 25.6 Å². The van der Waals surface area contributed by atoms with Crippen molar-refractivity contribution >= 4 is 16.8 Å². The molecule has 0 radical (unpaired) electrons. The molecule has 9 nitrogen and oxygen atoms in total. The molecule has 2 aromatic heterocycles. The molecule has 36 heavy (non-hydrogen) atoms. The number of amides is 1. The Labute approximate surface area is 209 Å². The predicted octanol–water partition coefficient (Wildman–Crippen LogP) is 3.25. The largest absolute Gasteiger partial charge is 0.464 e. The van der Waals surface area contributed by atoms with Gasteiger partial charge >= 0.3 is 6.01 Å². The quantitative estimate of drug-likeness (QED) is 0.445. The number of nitrogens with zero attached hydrogens (tertiary/aromatic N) is 6. The standard InChI is InChI=1S/C27H28N6O3/c1-3-36-27-28-15-22(16-29-27)19-7-8-24-23(14-19)25(31-17-30-24)20-5-4-6-21(13-20)26(35)33-11-9-32(10-12-33)18(2)34/h4-8,13-18,34H,3,9-12H2,1-2H3. The van der Waals surface area contributed by atoms with Crippen LogP contribution in [0.4, 0.5) is 0 Å². The Kier molecular flexibility index (Phi) is 6.84. The van der Waals surface area contributed by atoms with Gasteiger partial charge in [0.2, 0.25) is 0 Å². The third-order valence-corrected chi connectivity index (χ3v) is 6.38. The van der Waals surface area contributed by atoms with Crippen LogP contribution in [0.3, 0.4) is 0 Å². The van der Waals surface area contributed by atoms with Crippen LogP contribution in [0.1, 0.15) is 24.2 Å². The van der Waals surface area contributed by atoms with Gasteiger partial charge in [0.1, 0.15) is 12.6 Å². The molecule has 1 aliphatic rings. The molecule has 9 heteroatoms. The van der Waals surface area contributed by atoms with Crippen molar-refractivity contribution in [3.05, 3.63) is 66.7 Å². The molecule has 1 unspecified atom stereocenters. The van der Waals surface area contributed by atoms with Gasteiger partial charge in [-0.25, -0.2) is 19.9 Å². The van der Waals surface area contributed by atoms with Crippen molar-refractivity contribution < 1.29 is 14.6 Å². The van der Waals surface area contributed by atoms with Gasteiger partial charge in [0.05, 0.1) is 17.8 Å². The van der Waals surface area contributed by atoms with Crippen LogP contribution in [0.25, 0.3) is 33.3 Å². The molecule has 184 valence electrons. The summed E-state index contributed by atoms with van der Waals surface area (Å²) in [6.45, 7) is 6.62. The molecule has 1 aliphatic heterocycles. The third kappa shape index (κ3) is 4.89. The number of carbonyl (C=O) groups excluding carboxylic acids is 1. The molecule has 1 saturated heterocycles. The van der Waals surface area contributed by atoms with Crippen molar-refractivity contribution in [2.45, 2.75) is 20.1 Å². The zero-order valence-electron chi connectivity index (χ0n) is 20.3. The van der Waals surface area contributed by atoms with E-state index in [2.05, 4.69) is 19.9 Å². The summed E-state index contributed by atoms with van der Waals surface area (Å²) in [7, 11) is 0. The summed E-state index contributed by atoms with van der Waals surface area (Å²) in [6.07, 6.45) is 4.51. The highest BCUT2D eigenvalue weighted by molar-refractivity contribution is 5.98. The van der Waals surface area contributed by atoms with Crippen LogP contribution in [-0.4, -0.2) is 79.8 Å².